The molecule has 0 N–H and O–H groups in total. The van der Waals surface area contributed by atoms with Crippen LogP contribution in [0.1, 0.15) is 43.4 Å². The fourth-order valence-electron chi connectivity index (χ4n) is 4.49. The molecule has 0 aromatic heterocycles. The number of urea groups is 1. The standard InChI is InChI=1S/C24H28F2N4O/c1-3-29(19-11-13-28(2)14-12-19)24(31)30-23(17-7-5-4-6-8-17)16-22(27-30)20-15-18(25)9-10-21(20)26/h4-10,15,19,23H,3,11-14,16H2,1-2H3. The molecule has 1 fully saturated rings. The zero-order valence-electron chi connectivity index (χ0n) is 18.0. The van der Waals surface area contributed by atoms with E-state index in [0.717, 1.165) is 49.7 Å². The number of hydrogen-bond acceptors (Lipinski definition) is 3. The summed E-state index contributed by atoms with van der Waals surface area (Å²) in [5, 5.41) is 6.01. The largest absolute Gasteiger partial charge is 0.341 e. The summed E-state index contributed by atoms with van der Waals surface area (Å²) in [6.07, 6.45) is 2.16. The molecule has 0 aliphatic carbocycles. The first-order valence-electron chi connectivity index (χ1n) is 10.8. The van der Waals surface area contributed by atoms with Gasteiger partial charge in [0, 0.05) is 24.6 Å². The van der Waals surface area contributed by atoms with E-state index in [1.54, 1.807) is 0 Å². The minimum atomic E-state index is -0.538. The Balaban J connectivity index is 1.67. The van der Waals surface area contributed by atoms with E-state index in [2.05, 4.69) is 17.0 Å². The fourth-order valence-corrected chi connectivity index (χ4v) is 4.49. The number of halogens is 2. The lowest BCUT2D eigenvalue weighted by Crippen LogP contribution is -2.50. The van der Waals surface area contributed by atoms with Crippen LogP contribution >= 0.6 is 0 Å². The number of hydrazone groups is 1. The van der Waals surface area contributed by atoms with Gasteiger partial charge in [0.15, 0.2) is 0 Å². The zero-order valence-corrected chi connectivity index (χ0v) is 18.0. The lowest BCUT2D eigenvalue weighted by atomic mass is 9.98. The van der Waals surface area contributed by atoms with E-state index in [1.165, 1.54) is 5.01 Å². The number of rotatable bonds is 4. The molecule has 31 heavy (non-hydrogen) atoms. The lowest BCUT2D eigenvalue weighted by molar-refractivity contribution is 0.101. The van der Waals surface area contributed by atoms with Crippen LogP contribution < -0.4 is 0 Å². The molecule has 2 aliphatic heterocycles. The van der Waals surface area contributed by atoms with Gasteiger partial charge in [-0.25, -0.2) is 18.6 Å². The van der Waals surface area contributed by atoms with Crippen LogP contribution in [0.4, 0.5) is 13.6 Å². The van der Waals surface area contributed by atoms with Crippen LogP contribution in [0, 0.1) is 11.6 Å². The average molecular weight is 427 g/mol. The van der Waals surface area contributed by atoms with Crippen LogP contribution in [0.2, 0.25) is 0 Å². The van der Waals surface area contributed by atoms with Gasteiger partial charge in [0.2, 0.25) is 0 Å². The second kappa shape index (κ2) is 9.14. The average Bonchev–Trinajstić information content (AvgIpc) is 3.23. The Kier molecular flexibility index (Phi) is 6.32. The Morgan fingerprint density at radius 2 is 1.84 bits per heavy atom. The van der Waals surface area contributed by atoms with Crippen LogP contribution in [0.25, 0.3) is 0 Å². The molecule has 2 amide bonds. The van der Waals surface area contributed by atoms with Gasteiger partial charge in [0.25, 0.3) is 0 Å². The van der Waals surface area contributed by atoms with Crippen molar-refractivity contribution in [2.45, 2.75) is 38.3 Å². The maximum Gasteiger partial charge on any atom is 0.341 e. The number of benzene rings is 2. The molecule has 7 heteroatoms. The predicted molar refractivity (Wildman–Crippen MR) is 117 cm³/mol. The Labute approximate surface area is 181 Å². The van der Waals surface area contributed by atoms with Crippen LogP contribution in [0.15, 0.2) is 53.6 Å². The third-order valence-electron chi connectivity index (χ3n) is 6.25. The van der Waals surface area contributed by atoms with Crippen molar-refractivity contribution in [2.24, 2.45) is 5.10 Å². The number of piperidine rings is 1. The van der Waals surface area contributed by atoms with Crippen molar-refractivity contribution in [2.75, 3.05) is 26.7 Å². The van der Waals surface area contributed by atoms with Crippen molar-refractivity contribution in [1.82, 2.24) is 14.8 Å². The number of hydrogen-bond donors (Lipinski definition) is 0. The van der Waals surface area contributed by atoms with Crippen molar-refractivity contribution in [1.29, 1.82) is 0 Å². The van der Waals surface area contributed by atoms with Crippen molar-refractivity contribution < 1.29 is 13.6 Å². The Morgan fingerprint density at radius 3 is 2.52 bits per heavy atom. The first-order chi connectivity index (χ1) is 15.0. The van der Waals surface area contributed by atoms with Crippen molar-refractivity contribution in [3.63, 3.8) is 0 Å². The summed E-state index contributed by atoms with van der Waals surface area (Å²) in [6, 6.07) is 12.6. The van der Waals surface area contributed by atoms with Crippen molar-refractivity contribution in [3.05, 3.63) is 71.3 Å². The highest BCUT2D eigenvalue weighted by atomic mass is 19.1. The second-order valence-corrected chi connectivity index (χ2v) is 8.25. The highest BCUT2D eigenvalue weighted by Gasteiger charge is 2.38. The molecular weight excluding hydrogens is 398 g/mol. The highest BCUT2D eigenvalue weighted by molar-refractivity contribution is 6.03. The predicted octanol–water partition coefficient (Wildman–Crippen LogP) is 4.65. The van der Waals surface area contributed by atoms with Gasteiger partial charge in [-0.3, -0.25) is 0 Å². The van der Waals surface area contributed by atoms with E-state index < -0.39 is 11.6 Å². The maximum absolute atomic E-state index is 14.5. The van der Waals surface area contributed by atoms with Gasteiger partial charge in [0.05, 0.1) is 11.8 Å². The zero-order chi connectivity index (χ0) is 22.0. The topological polar surface area (TPSA) is 39.2 Å². The summed E-state index contributed by atoms with van der Waals surface area (Å²) in [4.78, 5) is 17.8. The summed E-state index contributed by atoms with van der Waals surface area (Å²) < 4.78 is 28.3. The monoisotopic (exact) mass is 426 g/mol. The molecule has 1 saturated heterocycles. The molecule has 2 aliphatic rings. The van der Waals surface area contributed by atoms with Crippen LogP contribution in [0.5, 0.6) is 0 Å². The van der Waals surface area contributed by atoms with Gasteiger partial charge in [-0.05, 0) is 63.7 Å². The first kappa shape index (κ1) is 21.4. The van der Waals surface area contributed by atoms with Crippen LogP contribution in [0.3, 0.4) is 0 Å². The molecule has 2 aromatic carbocycles. The molecule has 164 valence electrons. The molecule has 2 aromatic rings. The van der Waals surface area contributed by atoms with E-state index >= 15 is 0 Å². The third-order valence-corrected chi connectivity index (χ3v) is 6.25. The molecule has 0 radical (unpaired) electrons. The normalized spacial score (nSPS) is 20.1. The van der Waals surface area contributed by atoms with Gasteiger partial charge in [0.1, 0.15) is 11.6 Å². The van der Waals surface area contributed by atoms with E-state index in [9.17, 15) is 13.6 Å². The molecule has 0 spiro atoms. The molecule has 1 atom stereocenters. The Morgan fingerprint density at radius 1 is 1.13 bits per heavy atom. The molecule has 2 heterocycles. The minimum absolute atomic E-state index is 0.110. The quantitative estimate of drug-likeness (QED) is 0.714. The van der Waals surface area contributed by atoms with Gasteiger partial charge in [-0.1, -0.05) is 30.3 Å². The van der Waals surface area contributed by atoms with Crippen molar-refractivity contribution >= 4 is 11.7 Å². The number of likely N-dealkylation sites (tertiary alicyclic amines) is 1. The molecule has 0 bridgehead atoms. The van der Waals surface area contributed by atoms with Gasteiger partial charge >= 0.3 is 6.03 Å². The summed E-state index contributed by atoms with van der Waals surface area (Å²) in [5.41, 5.74) is 1.42. The van der Waals surface area contributed by atoms with Gasteiger partial charge in [-0.2, -0.15) is 5.10 Å². The molecule has 4 rings (SSSR count). The van der Waals surface area contributed by atoms with Gasteiger partial charge in [-0.15, -0.1) is 0 Å². The SMILES string of the molecule is CCN(C(=O)N1N=C(c2cc(F)ccc2F)CC1c1ccccc1)C1CCN(C)CC1. The van der Waals surface area contributed by atoms with E-state index in [-0.39, 0.29) is 23.7 Å². The van der Waals surface area contributed by atoms with Gasteiger partial charge < -0.3 is 9.80 Å². The minimum Gasteiger partial charge on any atom is -0.320 e. The number of amides is 2. The molecule has 0 saturated carbocycles. The fraction of sp³-hybridized carbons (Fsp3) is 0.417. The summed E-state index contributed by atoms with van der Waals surface area (Å²) in [7, 11) is 2.09. The number of carbonyl (C=O) groups excluding carboxylic acids is 1. The van der Waals surface area contributed by atoms with E-state index in [1.807, 2.05) is 42.2 Å². The third kappa shape index (κ3) is 4.46. The number of nitrogens with zero attached hydrogens (tertiary/aromatic N) is 4. The molecular formula is C24H28F2N4O. The molecule has 1 unspecified atom stereocenters. The van der Waals surface area contributed by atoms with Crippen LogP contribution in [-0.4, -0.2) is 59.3 Å². The van der Waals surface area contributed by atoms with Crippen molar-refractivity contribution in [3.8, 4) is 0 Å². The molecule has 5 nitrogen and oxygen atoms in total. The van der Waals surface area contributed by atoms with Crippen LogP contribution in [-0.2, 0) is 0 Å². The van der Waals surface area contributed by atoms with E-state index in [0.29, 0.717) is 18.7 Å². The highest BCUT2D eigenvalue weighted by Crippen LogP contribution is 2.35. The smallest absolute Gasteiger partial charge is 0.320 e. The second-order valence-electron chi connectivity index (χ2n) is 8.25. The Bertz CT molecular complexity index is 957. The number of carbonyl (C=O) groups is 1. The summed E-state index contributed by atoms with van der Waals surface area (Å²) in [6.45, 7) is 4.43. The maximum atomic E-state index is 14.5. The van der Waals surface area contributed by atoms with E-state index in [4.69, 9.17) is 0 Å². The first-order valence-corrected chi connectivity index (χ1v) is 10.8. The Hall–Kier alpha value is -2.80. The summed E-state index contributed by atoms with van der Waals surface area (Å²) >= 11 is 0. The summed E-state index contributed by atoms with van der Waals surface area (Å²) in [5.74, 6) is -1.06. The lowest BCUT2D eigenvalue weighted by Gasteiger charge is -2.38.